The summed E-state index contributed by atoms with van der Waals surface area (Å²) in [4.78, 5) is 4.49. The summed E-state index contributed by atoms with van der Waals surface area (Å²) in [5, 5.41) is 13.2. The highest BCUT2D eigenvalue weighted by atomic mass is 19.1. The Morgan fingerprint density at radius 2 is 2.22 bits per heavy atom. The molecule has 1 fully saturated rings. The minimum absolute atomic E-state index is 0.168. The second-order valence-corrected chi connectivity index (χ2v) is 6.33. The Balaban J connectivity index is 2.08. The van der Waals surface area contributed by atoms with Gasteiger partial charge in [-0.3, -0.25) is 0 Å². The molecule has 4 nitrogen and oxygen atoms in total. The zero-order valence-corrected chi connectivity index (χ0v) is 12.9. The van der Waals surface area contributed by atoms with E-state index in [4.69, 9.17) is 5.73 Å². The fourth-order valence-corrected chi connectivity index (χ4v) is 3.91. The number of nitrogen functional groups attached to an aromatic ring is 1. The molecule has 23 heavy (non-hydrogen) atoms. The van der Waals surface area contributed by atoms with Gasteiger partial charge in [-0.25, -0.2) is 9.37 Å². The molecular weight excluding hydrogens is 291 g/mol. The second kappa shape index (κ2) is 5.04. The molecule has 3 heterocycles. The van der Waals surface area contributed by atoms with Gasteiger partial charge in [-0.05, 0) is 42.5 Å². The van der Waals surface area contributed by atoms with Gasteiger partial charge in [-0.2, -0.15) is 5.26 Å². The molecule has 0 aliphatic carbocycles. The Morgan fingerprint density at radius 1 is 1.39 bits per heavy atom. The van der Waals surface area contributed by atoms with E-state index < -0.39 is 0 Å². The zero-order chi connectivity index (χ0) is 16.1. The molecule has 0 spiro atoms. The van der Waals surface area contributed by atoms with Gasteiger partial charge in [0.25, 0.3) is 0 Å². The Hall–Kier alpha value is -2.45. The highest BCUT2D eigenvalue weighted by Crippen LogP contribution is 2.44. The van der Waals surface area contributed by atoms with Crippen LogP contribution in [0.2, 0.25) is 0 Å². The Kier molecular flexibility index (Phi) is 3.10. The average molecular weight is 308 g/mol. The lowest BCUT2D eigenvalue weighted by atomic mass is 9.86. The summed E-state index contributed by atoms with van der Waals surface area (Å²) in [5.41, 5.74) is 10.4. The van der Waals surface area contributed by atoms with Crippen molar-refractivity contribution < 1.29 is 4.39 Å². The summed E-state index contributed by atoms with van der Waals surface area (Å²) in [6.07, 6.45) is 2.91. The van der Waals surface area contributed by atoms with Crippen LogP contribution in [0.15, 0.2) is 18.2 Å². The molecule has 1 aromatic carbocycles. The first-order valence-electron chi connectivity index (χ1n) is 7.84. The summed E-state index contributed by atoms with van der Waals surface area (Å²) < 4.78 is 14.1. The van der Waals surface area contributed by atoms with Gasteiger partial charge in [-0.1, -0.05) is 12.1 Å². The molecule has 5 heteroatoms. The zero-order valence-electron chi connectivity index (χ0n) is 12.9. The van der Waals surface area contributed by atoms with Crippen LogP contribution in [-0.2, 0) is 6.42 Å². The maximum Gasteiger partial charge on any atom is 0.142 e. The van der Waals surface area contributed by atoms with Crippen molar-refractivity contribution in [3.05, 3.63) is 46.4 Å². The molecule has 2 aliphatic heterocycles. The quantitative estimate of drug-likeness (QED) is 0.849. The predicted octanol–water partition coefficient (Wildman–Crippen LogP) is 3.00. The van der Waals surface area contributed by atoms with Crippen molar-refractivity contribution >= 4 is 5.82 Å². The van der Waals surface area contributed by atoms with Crippen molar-refractivity contribution in [3.63, 3.8) is 0 Å². The van der Waals surface area contributed by atoms with Crippen molar-refractivity contribution in [2.24, 2.45) is 0 Å². The van der Waals surface area contributed by atoms with E-state index in [1.807, 2.05) is 6.07 Å². The molecular formula is C18H17FN4. The molecule has 0 amide bonds. The third kappa shape index (κ3) is 2.02. The van der Waals surface area contributed by atoms with Crippen LogP contribution in [0.5, 0.6) is 0 Å². The van der Waals surface area contributed by atoms with Gasteiger partial charge in [0.15, 0.2) is 0 Å². The maximum atomic E-state index is 14.1. The number of rotatable bonds is 1. The van der Waals surface area contributed by atoms with Crippen LogP contribution in [0.3, 0.4) is 0 Å². The van der Waals surface area contributed by atoms with E-state index in [1.165, 1.54) is 6.07 Å². The minimum atomic E-state index is -0.274. The number of nitriles is 1. The van der Waals surface area contributed by atoms with E-state index in [2.05, 4.69) is 16.4 Å². The monoisotopic (exact) mass is 308 g/mol. The van der Waals surface area contributed by atoms with Crippen LogP contribution in [0.25, 0.3) is 11.1 Å². The fraction of sp³-hybridized carbons (Fsp3) is 0.333. The third-order valence-electron chi connectivity index (χ3n) is 5.02. The van der Waals surface area contributed by atoms with Crippen LogP contribution in [0, 0.1) is 24.1 Å². The van der Waals surface area contributed by atoms with E-state index in [9.17, 15) is 9.65 Å². The first-order valence-corrected chi connectivity index (χ1v) is 7.84. The summed E-state index contributed by atoms with van der Waals surface area (Å²) in [5.74, 6) is -0.0326. The number of anilines is 1. The number of hydrogen-bond donors (Lipinski definition) is 2. The summed E-state index contributed by atoms with van der Waals surface area (Å²) in [6, 6.07) is 7.74. The van der Waals surface area contributed by atoms with Crippen molar-refractivity contribution in [3.8, 4) is 17.2 Å². The molecule has 0 unspecified atom stereocenters. The van der Waals surface area contributed by atoms with Gasteiger partial charge < -0.3 is 11.1 Å². The molecule has 1 saturated heterocycles. The van der Waals surface area contributed by atoms with Crippen LogP contribution in [0.4, 0.5) is 10.2 Å². The number of fused-ring (bicyclic) bond motifs is 4. The van der Waals surface area contributed by atoms with Gasteiger partial charge in [-0.15, -0.1) is 0 Å². The fourth-order valence-electron chi connectivity index (χ4n) is 3.91. The summed E-state index contributed by atoms with van der Waals surface area (Å²) in [6.45, 7) is 1.74. The Bertz CT molecular complexity index is 853. The standard InChI is InChI=1S/C18H17FN4/c1-9-11(3-2-4-13(9)19)16-12(8-20)18(21)23-15-7-10-5-6-14(22-10)17(15)16/h2-4,10,14,22H,5-7H2,1H3,(H2,21,23)/t10-,14+/m0/s1. The second-order valence-electron chi connectivity index (χ2n) is 6.33. The first-order chi connectivity index (χ1) is 11.1. The molecule has 2 atom stereocenters. The van der Waals surface area contributed by atoms with E-state index in [0.29, 0.717) is 17.2 Å². The van der Waals surface area contributed by atoms with E-state index in [-0.39, 0.29) is 17.7 Å². The smallest absolute Gasteiger partial charge is 0.142 e. The number of nitrogens with two attached hydrogens (primary N) is 1. The SMILES string of the molecule is Cc1c(F)cccc1-c1c(C#N)c(N)nc2c1[C@H]1CC[C@@H](C2)N1. The van der Waals surface area contributed by atoms with Crippen molar-refractivity contribution in [2.45, 2.75) is 38.3 Å². The van der Waals surface area contributed by atoms with Gasteiger partial charge in [0.05, 0.1) is 0 Å². The molecule has 3 N–H and O–H groups in total. The van der Waals surface area contributed by atoms with Gasteiger partial charge in [0.2, 0.25) is 0 Å². The Morgan fingerprint density at radius 3 is 3.00 bits per heavy atom. The number of hydrogen-bond acceptors (Lipinski definition) is 4. The lowest BCUT2D eigenvalue weighted by Crippen LogP contribution is -2.33. The van der Waals surface area contributed by atoms with Crippen LogP contribution in [0.1, 0.15) is 41.3 Å². The molecule has 4 rings (SSSR count). The summed E-state index contributed by atoms with van der Waals surface area (Å²) >= 11 is 0. The van der Waals surface area contributed by atoms with Crippen LogP contribution < -0.4 is 11.1 Å². The molecule has 116 valence electrons. The number of pyridine rings is 1. The van der Waals surface area contributed by atoms with E-state index >= 15 is 0 Å². The molecule has 0 radical (unpaired) electrons. The average Bonchev–Trinajstić information content (AvgIpc) is 2.91. The maximum absolute atomic E-state index is 14.1. The van der Waals surface area contributed by atoms with E-state index in [0.717, 1.165) is 41.6 Å². The van der Waals surface area contributed by atoms with Crippen molar-refractivity contribution in [2.75, 3.05) is 5.73 Å². The molecule has 0 saturated carbocycles. The molecule has 2 bridgehead atoms. The first kappa shape index (κ1) is 14.2. The van der Waals surface area contributed by atoms with E-state index in [1.54, 1.807) is 13.0 Å². The predicted molar refractivity (Wildman–Crippen MR) is 86.1 cm³/mol. The number of benzene rings is 1. The molecule has 2 aliphatic rings. The largest absolute Gasteiger partial charge is 0.383 e. The van der Waals surface area contributed by atoms with Gasteiger partial charge in [0, 0.05) is 29.8 Å². The lowest BCUT2D eigenvalue weighted by Gasteiger charge is -2.28. The van der Waals surface area contributed by atoms with Gasteiger partial charge in [0.1, 0.15) is 23.3 Å². The highest BCUT2D eigenvalue weighted by molar-refractivity contribution is 5.81. The normalized spacial score (nSPS) is 21.8. The number of halogens is 1. The minimum Gasteiger partial charge on any atom is -0.383 e. The number of nitrogens with zero attached hydrogens (tertiary/aromatic N) is 2. The third-order valence-corrected chi connectivity index (χ3v) is 5.02. The van der Waals surface area contributed by atoms with Crippen molar-refractivity contribution in [1.82, 2.24) is 10.3 Å². The van der Waals surface area contributed by atoms with Crippen LogP contribution in [-0.4, -0.2) is 11.0 Å². The number of nitrogens with one attached hydrogen (secondary N) is 1. The molecule has 1 aromatic heterocycles. The van der Waals surface area contributed by atoms with Crippen molar-refractivity contribution in [1.29, 1.82) is 5.26 Å². The highest BCUT2D eigenvalue weighted by Gasteiger charge is 2.37. The number of aromatic nitrogens is 1. The van der Waals surface area contributed by atoms with Crippen LogP contribution >= 0.6 is 0 Å². The molecule has 2 aromatic rings. The lowest BCUT2D eigenvalue weighted by molar-refractivity contribution is 0.508. The summed E-state index contributed by atoms with van der Waals surface area (Å²) in [7, 11) is 0. The topological polar surface area (TPSA) is 74.7 Å². The Labute approximate surface area is 134 Å². The van der Waals surface area contributed by atoms with Gasteiger partial charge >= 0.3 is 0 Å².